The first kappa shape index (κ1) is 67.9. The lowest BCUT2D eigenvalue weighted by atomic mass is 10.1. The van der Waals surface area contributed by atoms with Gasteiger partial charge >= 0.3 is 0 Å². The molecule has 0 aliphatic heterocycles. The molecule has 14 nitrogen and oxygen atoms in total. The zero-order chi connectivity index (χ0) is 58.7. The van der Waals surface area contributed by atoms with Crippen LogP contribution in [0.25, 0.3) is 10.8 Å². The summed E-state index contributed by atoms with van der Waals surface area (Å²) in [5, 5.41) is 3.12. The molecule has 0 amide bonds. The molecule has 0 radical (unpaired) electrons. The summed E-state index contributed by atoms with van der Waals surface area (Å²) in [7, 11) is 0. The van der Waals surface area contributed by atoms with Gasteiger partial charge in [0.2, 0.25) is 0 Å². The Morgan fingerprint density at radius 1 is 0.443 bits per heavy atom. The van der Waals surface area contributed by atoms with Crippen LogP contribution in [0.4, 0.5) is 0 Å². The van der Waals surface area contributed by atoms with Crippen LogP contribution < -0.4 is 28.4 Å². The number of ether oxygens (including phenoxy) is 6. The van der Waals surface area contributed by atoms with Gasteiger partial charge in [-0.2, -0.15) is 0 Å². The highest BCUT2D eigenvalue weighted by Crippen LogP contribution is 2.28. The number of carbonyl (C=O) groups is 8. The third-order valence-electron chi connectivity index (χ3n) is 9.18. The molecule has 416 valence electrons. The van der Waals surface area contributed by atoms with Crippen molar-refractivity contribution in [3.63, 3.8) is 0 Å². The molecule has 79 heavy (non-hydrogen) atoms. The molecule has 0 N–H and O–H groups in total. The van der Waals surface area contributed by atoms with Gasteiger partial charge < -0.3 is 28.4 Å². The first-order valence-electron chi connectivity index (χ1n) is 23.9. The molecule has 0 aliphatic carbocycles. The molecule has 0 atom stereocenters. The van der Waals surface area contributed by atoms with Gasteiger partial charge in [-0.15, -0.1) is 0 Å². The molecule has 7 aromatic rings. The van der Waals surface area contributed by atoms with Gasteiger partial charge in [0.1, 0.15) is 80.4 Å². The number of carbonyl (C=O) groups excluding carboxylic acids is 8. The molecule has 0 saturated carbocycles. The van der Waals surface area contributed by atoms with Crippen molar-refractivity contribution in [2.24, 2.45) is 0 Å². The highest BCUT2D eigenvalue weighted by Gasteiger charge is 2.05. The van der Waals surface area contributed by atoms with Gasteiger partial charge in [-0.3, -0.25) is 38.4 Å². The lowest BCUT2D eigenvalue weighted by Gasteiger charge is -2.07. The first-order chi connectivity index (χ1) is 37.5. The number of rotatable bonds is 20. The third kappa shape index (κ3) is 31.7. The molecule has 0 bridgehead atoms. The van der Waals surface area contributed by atoms with Gasteiger partial charge in [-0.25, -0.2) is 0 Å². The Hall–Kier alpha value is -7.25. The smallest absolute Gasteiger partial charge is 0.167 e. The number of hydrogen-bond donors (Lipinski definition) is 0. The SMILES string of the molecule is CC(=O)COc1ccc(Br)cc1.CC(=O)COc1ccc(C(C)=O)cc1.CC(=O)COc1ccc(C=O)cc1.CC(=O)COc1ccc(Cl)cc1Cl.CC(=O)COc1ccc(I)cc1.CC(=O)COc1cccc2ccccc12. The standard InChI is InChI=1S/C13H12O2.C11H12O3.C10H10O3.C9H9BrO2.C9H8Cl2O2.C9H9IO2/c1-10(14)9-15-13-8-4-6-11-5-2-3-7-12(11)13;1-8(12)7-14-11-5-3-10(4-6-11)9(2)13;1-8(12)7-13-10-4-2-9(6-11)3-5-10;1-7(11)6-12-9-4-2-8(10)3-5-9;1-6(12)5-13-9-3-2-7(10)4-8(9)11;1-7(11)6-12-9-4-2-8(10)3-5-9/h2-8H,9H2,1H3;3-6H,7H2,1-2H3;2-6H,7H2,1H3;2-5H,6H2,1H3;2-4H,5H2,1H3;2-5H,6H2,1H3. The summed E-state index contributed by atoms with van der Waals surface area (Å²) in [6.45, 7) is 11.0. The highest BCUT2D eigenvalue weighted by atomic mass is 127. The van der Waals surface area contributed by atoms with E-state index in [4.69, 9.17) is 51.6 Å². The van der Waals surface area contributed by atoms with Crippen LogP contribution in [0.2, 0.25) is 10.0 Å². The molecule has 18 heteroatoms. The summed E-state index contributed by atoms with van der Waals surface area (Å²) in [5.41, 5.74) is 1.23. The number of halogens is 4. The van der Waals surface area contributed by atoms with E-state index in [1.54, 1.807) is 66.7 Å². The lowest BCUT2D eigenvalue weighted by Crippen LogP contribution is -2.06. The Bertz CT molecular complexity index is 2990. The van der Waals surface area contributed by atoms with Crippen molar-refractivity contribution < 1.29 is 66.8 Å². The quantitative estimate of drug-likeness (QED) is 0.0397. The van der Waals surface area contributed by atoms with Gasteiger partial charge in [0.15, 0.2) is 40.5 Å². The van der Waals surface area contributed by atoms with E-state index in [0.717, 1.165) is 36.6 Å². The van der Waals surface area contributed by atoms with Crippen molar-refractivity contribution in [2.45, 2.75) is 48.5 Å². The summed E-state index contributed by atoms with van der Waals surface area (Å²) >= 11 is 17.0. The van der Waals surface area contributed by atoms with E-state index in [1.807, 2.05) is 91.0 Å². The zero-order valence-corrected chi connectivity index (χ0v) is 49.8. The third-order valence-corrected chi connectivity index (χ3v) is 11.0. The van der Waals surface area contributed by atoms with Crippen molar-refractivity contribution in [3.05, 3.63) is 187 Å². The molecule has 0 spiro atoms. The van der Waals surface area contributed by atoms with Crippen molar-refractivity contribution in [1.82, 2.24) is 0 Å². The Balaban J connectivity index is 0.000000325. The molecule has 0 saturated heterocycles. The minimum absolute atomic E-state index is 0.0168. The number of Topliss-reactive ketones (excluding diaryl/α,β-unsaturated/α-hetero) is 7. The summed E-state index contributed by atoms with van der Waals surface area (Å²) < 4.78 is 33.3. The normalized spacial score (nSPS) is 9.66. The monoisotopic (exact) mass is 1290 g/mol. The molecule has 0 fully saturated rings. The molecule has 7 aromatic carbocycles. The zero-order valence-electron chi connectivity index (χ0n) is 44.6. The molecule has 0 aliphatic rings. The second-order valence-corrected chi connectivity index (χ2v) is 19.7. The summed E-state index contributed by atoms with van der Waals surface area (Å²) in [5.74, 6) is 3.90. The maximum absolute atomic E-state index is 10.9. The Morgan fingerprint density at radius 2 is 0.823 bits per heavy atom. The Kier molecular flexibility index (Phi) is 32.9. The van der Waals surface area contributed by atoms with Crippen LogP contribution in [0, 0.1) is 3.57 Å². The van der Waals surface area contributed by atoms with E-state index in [2.05, 4.69) is 38.5 Å². The second-order valence-electron chi connectivity index (χ2n) is 16.7. The van der Waals surface area contributed by atoms with Crippen LogP contribution in [0.15, 0.2) is 162 Å². The predicted molar refractivity (Wildman–Crippen MR) is 319 cm³/mol. The first-order valence-corrected chi connectivity index (χ1v) is 26.5. The van der Waals surface area contributed by atoms with Gasteiger partial charge in [0.05, 0.1) is 5.02 Å². The van der Waals surface area contributed by atoms with Crippen LogP contribution in [0.5, 0.6) is 34.5 Å². The average Bonchev–Trinajstić information content (AvgIpc) is 3.42. The largest absolute Gasteiger partial charge is 0.486 e. The maximum atomic E-state index is 10.9. The van der Waals surface area contributed by atoms with Crippen molar-refractivity contribution in [3.8, 4) is 34.5 Å². The second kappa shape index (κ2) is 38.3. The van der Waals surface area contributed by atoms with Crippen LogP contribution in [-0.2, 0) is 28.8 Å². The van der Waals surface area contributed by atoms with E-state index in [-0.39, 0.29) is 80.1 Å². The van der Waals surface area contributed by atoms with Gasteiger partial charge in [-0.05, 0) is 198 Å². The van der Waals surface area contributed by atoms with Crippen LogP contribution in [-0.4, -0.2) is 86.4 Å². The Morgan fingerprint density at radius 3 is 1.24 bits per heavy atom. The fraction of sp³-hybridized carbons (Fsp3) is 0.213. The van der Waals surface area contributed by atoms with E-state index < -0.39 is 0 Å². The van der Waals surface area contributed by atoms with Crippen molar-refractivity contribution >= 4 is 119 Å². The van der Waals surface area contributed by atoms with Crippen LogP contribution in [0.3, 0.4) is 0 Å². The minimum Gasteiger partial charge on any atom is -0.486 e. The number of benzene rings is 7. The van der Waals surface area contributed by atoms with Gasteiger partial charge in [0, 0.05) is 29.6 Å². The van der Waals surface area contributed by atoms with Gasteiger partial charge in [0.25, 0.3) is 0 Å². The van der Waals surface area contributed by atoms with Crippen molar-refractivity contribution in [2.75, 3.05) is 39.6 Å². The van der Waals surface area contributed by atoms with E-state index in [9.17, 15) is 38.4 Å². The van der Waals surface area contributed by atoms with Crippen molar-refractivity contribution in [1.29, 1.82) is 0 Å². The minimum atomic E-state index is -0.0500. The summed E-state index contributed by atoms with van der Waals surface area (Å²) in [6.07, 6.45) is 0.759. The number of aldehydes is 1. The summed E-state index contributed by atoms with van der Waals surface area (Å²) in [6, 6.07) is 46.9. The van der Waals surface area contributed by atoms with Crippen LogP contribution in [0.1, 0.15) is 69.2 Å². The maximum Gasteiger partial charge on any atom is 0.167 e. The average molecular weight is 1290 g/mol. The fourth-order valence-electron chi connectivity index (χ4n) is 5.50. The number of fused-ring (bicyclic) bond motifs is 1. The number of hydrogen-bond acceptors (Lipinski definition) is 14. The predicted octanol–water partition coefficient (Wildman–Crippen LogP) is 13.8. The lowest BCUT2D eigenvalue weighted by molar-refractivity contribution is -0.119. The van der Waals surface area contributed by atoms with E-state index in [1.165, 1.54) is 48.5 Å². The molecule has 7 rings (SSSR count). The molecular weight excluding hydrogens is 1230 g/mol. The fourth-order valence-corrected chi connectivity index (χ4v) is 6.59. The summed E-state index contributed by atoms with van der Waals surface area (Å²) in [4.78, 5) is 84.9. The van der Waals surface area contributed by atoms with E-state index >= 15 is 0 Å². The molecule has 0 unspecified atom stereocenters. The highest BCUT2D eigenvalue weighted by molar-refractivity contribution is 14.1. The molecule has 0 heterocycles. The topological polar surface area (TPSA) is 192 Å². The molecule has 0 aromatic heterocycles. The number of ketones is 7. The Labute approximate surface area is 492 Å². The van der Waals surface area contributed by atoms with Gasteiger partial charge in [-0.1, -0.05) is 75.5 Å². The molecular formula is C61H60BrCl2IO14. The van der Waals surface area contributed by atoms with Crippen LogP contribution >= 0.6 is 61.7 Å². The van der Waals surface area contributed by atoms with E-state index in [0.29, 0.717) is 44.2 Å².